The smallest absolute Gasteiger partial charge is 0.330 e. The zero-order valence-corrected chi connectivity index (χ0v) is 9.68. The standard InChI is InChI=1S/C8H17.C4H6O2/c1-4-6-7-8(3)5-2;1-3(2)4(5)6/h8H,3-7H2,1-2H3;1H2,2H3,(H,5,6). The molecule has 1 radical (unpaired) electrons. The van der Waals surface area contributed by atoms with E-state index in [2.05, 4.69) is 27.4 Å². The van der Waals surface area contributed by atoms with E-state index in [4.69, 9.17) is 5.11 Å². The van der Waals surface area contributed by atoms with Crippen molar-refractivity contribution in [3.8, 4) is 0 Å². The van der Waals surface area contributed by atoms with Crippen LogP contribution in [0.15, 0.2) is 12.2 Å². The molecule has 1 atom stereocenters. The third kappa shape index (κ3) is 13.8. The Kier molecular flexibility index (Phi) is 11.5. The van der Waals surface area contributed by atoms with Gasteiger partial charge in [0.05, 0.1) is 0 Å². The van der Waals surface area contributed by atoms with Crippen molar-refractivity contribution in [2.45, 2.75) is 46.5 Å². The van der Waals surface area contributed by atoms with Gasteiger partial charge in [-0.25, -0.2) is 4.79 Å². The zero-order chi connectivity index (χ0) is 11.6. The fourth-order valence-corrected chi connectivity index (χ4v) is 0.697. The monoisotopic (exact) mass is 199 g/mol. The number of hydrogen-bond donors (Lipinski definition) is 1. The predicted octanol–water partition coefficient (Wildman–Crippen LogP) is 3.68. The number of unbranched alkanes of at least 4 members (excludes halogenated alkanes) is 1. The molecule has 0 heterocycles. The molecule has 2 nitrogen and oxygen atoms in total. The SMILES string of the molecule is C=C(C)C(=O)O.[CH2]C(CC)CCCC. The van der Waals surface area contributed by atoms with E-state index >= 15 is 0 Å². The van der Waals surface area contributed by atoms with Gasteiger partial charge < -0.3 is 5.11 Å². The van der Waals surface area contributed by atoms with Gasteiger partial charge in [-0.15, -0.1) is 0 Å². The molecule has 1 unspecified atom stereocenters. The van der Waals surface area contributed by atoms with Crippen molar-refractivity contribution in [3.63, 3.8) is 0 Å². The van der Waals surface area contributed by atoms with Crippen LogP contribution < -0.4 is 0 Å². The highest BCUT2D eigenvalue weighted by atomic mass is 16.4. The van der Waals surface area contributed by atoms with Crippen molar-refractivity contribution in [3.05, 3.63) is 19.1 Å². The Morgan fingerprint density at radius 3 is 2.07 bits per heavy atom. The molecule has 14 heavy (non-hydrogen) atoms. The summed E-state index contributed by atoms with van der Waals surface area (Å²) < 4.78 is 0. The molecular formula is C12H23O2. The Labute approximate surface area is 88.0 Å². The summed E-state index contributed by atoms with van der Waals surface area (Å²) in [4.78, 5) is 9.60. The summed E-state index contributed by atoms with van der Waals surface area (Å²) in [5.74, 6) is -0.232. The number of rotatable bonds is 5. The molecule has 0 spiro atoms. The number of carbonyl (C=O) groups is 1. The second-order valence-corrected chi connectivity index (χ2v) is 3.50. The number of hydrogen-bond acceptors (Lipinski definition) is 1. The fourth-order valence-electron chi connectivity index (χ4n) is 0.697. The maximum absolute atomic E-state index is 9.60. The highest BCUT2D eigenvalue weighted by molar-refractivity contribution is 5.84. The fraction of sp³-hybridized carbons (Fsp3) is 0.667. The number of aliphatic carboxylic acids is 1. The molecular weight excluding hydrogens is 176 g/mol. The van der Waals surface area contributed by atoms with Gasteiger partial charge in [-0.2, -0.15) is 0 Å². The van der Waals surface area contributed by atoms with Gasteiger partial charge in [0.1, 0.15) is 0 Å². The summed E-state index contributed by atoms with van der Waals surface area (Å²) in [6.07, 6.45) is 5.21. The van der Waals surface area contributed by atoms with Gasteiger partial charge in [0.25, 0.3) is 0 Å². The summed E-state index contributed by atoms with van der Waals surface area (Å²) in [5, 5.41) is 7.89. The molecule has 0 aromatic heterocycles. The number of carboxylic acids is 1. The Bertz CT molecular complexity index is 150. The second kappa shape index (κ2) is 10.3. The lowest BCUT2D eigenvalue weighted by molar-refractivity contribution is -0.132. The van der Waals surface area contributed by atoms with E-state index in [1.165, 1.54) is 32.6 Å². The molecule has 0 bridgehead atoms. The van der Waals surface area contributed by atoms with Crippen LogP contribution in [-0.2, 0) is 4.79 Å². The normalized spacial score (nSPS) is 11.1. The van der Waals surface area contributed by atoms with Gasteiger partial charge in [-0.3, -0.25) is 0 Å². The summed E-state index contributed by atoms with van der Waals surface area (Å²) in [6.45, 7) is 13.0. The van der Waals surface area contributed by atoms with Crippen LogP contribution >= 0.6 is 0 Å². The molecule has 0 aliphatic carbocycles. The van der Waals surface area contributed by atoms with Gasteiger partial charge in [0.15, 0.2) is 0 Å². The molecule has 0 aromatic rings. The lowest BCUT2D eigenvalue weighted by Crippen LogP contribution is -1.92. The van der Waals surface area contributed by atoms with Gasteiger partial charge in [-0.05, 0) is 12.8 Å². The van der Waals surface area contributed by atoms with Crippen molar-refractivity contribution in [2.24, 2.45) is 5.92 Å². The average Bonchev–Trinajstić information content (AvgIpc) is 2.14. The van der Waals surface area contributed by atoms with Gasteiger partial charge >= 0.3 is 5.97 Å². The van der Waals surface area contributed by atoms with Crippen molar-refractivity contribution < 1.29 is 9.90 Å². The van der Waals surface area contributed by atoms with Gasteiger partial charge in [-0.1, -0.05) is 53.0 Å². The average molecular weight is 199 g/mol. The van der Waals surface area contributed by atoms with Crippen LogP contribution in [0.1, 0.15) is 46.5 Å². The summed E-state index contributed by atoms with van der Waals surface area (Å²) in [7, 11) is 0. The van der Waals surface area contributed by atoms with Crippen LogP contribution in [0.3, 0.4) is 0 Å². The Balaban J connectivity index is 0. The summed E-state index contributed by atoms with van der Waals surface area (Å²) in [6, 6.07) is 0. The van der Waals surface area contributed by atoms with E-state index in [9.17, 15) is 4.79 Å². The van der Waals surface area contributed by atoms with Crippen LogP contribution in [0, 0.1) is 12.8 Å². The Morgan fingerprint density at radius 1 is 1.43 bits per heavy atom. The Hall–Kier alpha value is -0.790. The van der Waals surface area contributed by atoms with Crippen LogP contribution in [0.25, 0.3) is 0 Å². The van der Waals surface area contributed by atoms with Gasteiger partial charge in [0.2, 0.25) is 0 Å². The first-order chi connectivity index (χ1) is 6.45. The molecule has 0 aromatic carbocycles. The van der Waals surface area contributed by atoms with Crippen LogP contribution in [0.4, 0.5) is 0 Å². The van der Waals surface area contributed by atoms with E-state index in [-0.39, 0.29) is 5.57 Å². The van der Waals surface area contributed by atoms with Gasteiger partial charge in [0, 0.05) is 5.57 Å². The third-order valence-electron chi connectivity index (χ3n) is 1.91. The molecule has 0 saturated carbocycles. The third-order valence-corrected chi connectivity index (χ3v) is 1.91. The predicted molar refractivity (Wildman–Crippen MR) is 61.1 cm³/mol. The van der Waals surface area contributed by atoms with Crippen molar-refractivity contribution >= 4 is 5.97 Å². The van der Waals surface area contributed by atoms with Crippen molar-refractivity contribution in [1.82, 2.24) is 0 Å². The largest absolute Gasteiger partial charge is 0.478 e. The summed E-state index contributed by atoms with van der Waals surface area (Å²) in [5.41, 5.74) is 0.176. The minimum absolute atomic E-state index is 0.176. The highest BCUT2D eigenvalue weighted by Crippen LogP contribution is 2.09. The zero-order valence-electron chi connectivity index (χ0n) is 9.68. The quantitative estimate of drug-likeness (QED) is 0.686. The van der Waals surface area contributed by atoms with Crippen LogP contribution in [0.2, 0.25) is 0 Å². The van der Waals surface area contributed by atoms with E-state index in [0.717, 1.165) is 0 Å². The second-order valence-electron chi connectivity index (χ2n) is 3.50. The van der Waals surface area contributed by atoms with Crippen molar-refractivity contribution in [1.29, 1.82) is 0 Å². The lowest BCUT2D eigenvalue weighted by atomic mass is 10.0. The molecule has 83 valence electrons. The molecule has 0 fully saturated rings. The topological polar surface area (TPSA) is 37.3 Å². The minimum Gasteiger partial charge on any atom is -0.478 e. The Morgan fingerprint density at radius 2 is 1.86 bits per heavy atom. The number of carboxylic acid groups (broad SMARTS) is 1. The lowest BCUT2D eigenvalue weighted by Gasteiger charge is -2.04. The molecule has 0 rings (SSSR count). The van der Waals surface area contributed by atoms with Crippen molar-refractivity contribution in [2.75, 3.05) is 0 Å². The van der Waals surface area contributed by atoms with E-state index < -0.39 is 5.97 Å². The maximum Gasteiger partial charge on any atom is 0.330 e. The highest BCUT2D eigenvalue weighted by Gasteiger charge is 1.94. The minimum atomic E-state index is -0.935. The van der Waals surface area contributed by atoms with Crippen LogP contribution in [-0.4, -0.2) is 11.1 Å². The van der Waals surface area contributed by atoms with Crippen LogP contribution in [0.5, 0.6) is 0 Å². The molecule has 2 heteroatoms. The van der Waals surface area contributed by atoms with E-state index in [1.807, 2.05) is 0 Å². The molecule has 0 aliphatic heterocycles. The summed E-state index contributed by atoms with van der Waals surface area (Å²) >= 11 is 0. The molecule has 0 saturated heterocycles. The maximum atomic E-state index is 9.60. The van der Waals surface area contributed by atoms with E-state index in [0.29, 0.717) is 5.92 Å². The first-order valence-electron chi connectivity index (χ1n) is 5.17. The van der Waals surface area contributed by atoms with E-state index in [1.54, 1.807) is 0 Å². The first-order valence-corrected chi connectivity index (χ1v) is 5.17. The molecule has 1 N–H and O–H groups in total. The molecule has 0 amide bonds. The molecule has 0 aliphatic rings. The first kappa shape index (κ1) is 15.7.